The van der Waals surface area contributed by atoms with Crippen LogP contribution in [0.3, 0.4) is 0 Å². The highest BCUT2D eigenvalue weighted by atomic mass is 16.2. The third kappa shape index (κ3) is 2.29. The van der Waals surface area contributed by atoms with Crippen LogP contribution < -0.4 is 5.32 Å². The molecule has 0 bridgehead atoms. The normalized spacial score (nSPS) is 37.3. The molecule has 0 aromatic heterocycles. The van der Waals surface area contributed by atoms with Crippen molar-refractivity contribution in [1.82, 2.24) is 10.2 Å². The molecule has 2 rings (SSSR count). The highest BCUT2D eigenvalue weighted by Gasteiger charge is 2.48. The third-order valence-corrected chi connectivity index (χ3v) is 5.06. The lowest BCUT2D eigenvalue weighted by molar-refractivity contribution is -0.136. The van der Waals surface area contributed by atoms with E-state index >= 15 is 0 Å². The lowest BCUT2D eigenvalue weighted by Crippen LogP contribution is -2.46. The van der Waals surface area contributed by atoms with Crippen molar-refractivity contribution >= 4 is 5.91 Å². The van der Waals surface area contributed by atoms with Gasteiger partial charge in [-0.05, 0) is 51.4 Å². The van der Waals surface area contributed by atoms with Gasteiger partial charge in [0.1, 0.15) is 0 Å². The van der Waals surface area contributed by atoms with Crippen LogP contribution in [0.25, 0.3) is 0 Å². The molecule has 104 valence electrons. The second kappa shape index (κ2) is 4.52. The molecule has 2 aliphatic rings. The predicted molar refractivity (Wildman–Crippen MR) is 74.2 cm³/mol. The van der Waals surface area contributed by atoms with Gasteiger partial charge in [0.15, 0.2) is 0 Å². The molecule has 0 aromatic rings. The number of rotatable bonds is 2. The molecule has 0 spiro atoms. The minimum atomic E-state index is -0.341. The zero-order valence-corrected chi connectivity index (χ0v) is 12.5. The van der Waals surface area contributed by atoms with Gasteiger partial charge < -0.3 is 4.90 Å². The smallest absolute Gasteiger partial charge is 0.244 e. The largest absolute Gasteiger partial charge is 0.323 e. The van der Waals surface area contributed by atoms with Gasteiger partial charge in [-0.25, -0.2) is 0 Å². The molecule has 0 radical (unpaired) electrons. The maximum atomic E-state index is 12.6. The van der Waals surface area contributed by atoms with Crippen LogP contribution in [-0.4, -0.2) is 28.6 Å². The number of amides is 1. The first-order chi connectivity index (χ1) is 8.29. The average Bonchev–Trinajstić information content (AvgIpc) is 2.52. The van der Waals surface area contributed by atoms with Gasteiger partial charge in [-0.2, -0.15) is 0 Å². The van der Waals surface area contributed by atoms with Crippen LogP contribution in [0.1, 0.15) is 66.7 Å². The van der Waals surface area contributed by atoms with Crippen LogP contribution >= 0.6 is 0 Å². The number of hydrogen-bond donors (Lipinski definition) is 1. The molecule has 2 fully saturated rings. The number of carbonyl (C=O) groups is 1. The Balaban J connectivity index is 2.08. The van der Waals surface area contributed by atoms with E-state index in [2.05, 4.69) is 37.9 Å². The summed E-state index contributed by atoms with van der Waals surface area (Å²) in [6, 6.07) is 0.446. The summed E-state index contributed by atoms with van der Waals surface area (Å²) < 4.78 is 0. The fourth-order valence-electron chi connectivity index (χ4n) is 3.45. The molecule has 1 saturated carbocycles. The molecule has 18 heavy (non-hydrogen) atoms. The fourth-order valence-corrected chi connectivity index (χ4v) is 3.45. The molecule has 0 aromatic carbocycles. The SMILES string of the molecule is CCC1(C)NC(C)N(C2CCC(C)(C)CC2)C1=O. The Hall–Kier alpha value is -0.570. The summed E-state index contributed by atoms with van der Waals surface area (Å²) in [6.45, 7) is 10.9. The molecule has 1 heterocycles. The Kier molecular flexibility index (Phi) is 3.48. The summed E-state index contributed by atoms with van der Waals surface area (Å²) in [7, 11) is 0. The first-order valence-corrected chi connectivity index (χ1v) is 7.39. The van der Waals surface area contributed by atoms with Gasteiger partial charge in [-0.3, -0.25) is 10.1 Å². The topological polar surface area (TPSA) is 32.3 Å². The van der Waals surface area contributed by atoms with Gasteiger partial charge >= 0.3 is 0 Å². The maximum absolute atomic E-state index is 12.6. The summed E-state index contributed by atoms with van der Waals surface area (Å²) in [6.07, 6.45) is 5.84. The van der Waals surface area contributed by atoms with Crippen LogP contribution in [-0.2, 0) is 4.79 Å². The second-order valence-corrected chi connectivity index (χ2v) is 7.11. The molecular weight excluding hydrogens is 224 g/mol. The van der Waals surface area contributed by atoms with Crippen molar-refractivity contribution in [2.75, 3.05) is 0 Å². The summed E-state index contributed by atoms with van der Waals surface area (Å²) in [5.41, 5.74) is 0.121. The lowest BCUT2D eigenvalue weighted by atomic mass is 9.75. The van der Waals surface area contributed by atoms with E-state index < -0.39 is 0 Å². The van der Waals surface area contributed by atoms with E-state index in [1.165, 1.54) is 12.8 Å². The summed E-state index contributed by atoms with van der Waals surface area (Å²) in [5, 5.41) is 3.47. The maximum Gasteiger partial charge on any atom is 0.244 e. The van der Waals surface area contributed by atoms with Crippen LogP contribution in [0.15, 0.2) is 0 Å². The van der Waals surface area contributed by atoms with Gasteiger partial charge in [0.05, 0.1) is 11.7 Å². The van der Waals surface area contributed by atoms with E-state index in [1.807, 2.05) is 6.92 Å². The van der Waals surface area contributed by atoms with E-state index in [-0.39, 0.29) is 11.7 Å². The van der Waals surface area contributed by atoms with Crippen LogP contribution in [0, 0.1) is 5.41 Å². The van der Waals surface area contributed by atoms with Crippen molar-refractivity contribution < 1.29 is 4.79 Å². The minimum absolute atomic E-state index is 0.189. The van der Waals surface area contributed by atoms with Crippen LogP contribution in [0.4, 0.5) is 0 Å². The van der Waals surface area contributed by atoms with Gasteiger partial charge in [-0.1, -0.05) is 20.8 Å². The first kappa shape index (κ1) is 13.9. The molecule has 1 aliphatic heterocycles. The fraction of sp³-hybridized carbons (Fsp3) is 0.933. The zero-order valence-electron chi connectivity index (χ0n) is 12.5. The molecule has 1 saturated heterocycles. The monoisotopic (exact) mass is 252 g/mol. The van der Waals surface area contributed by atoms with E-state index in [0.717, 1.165) is 19.3 Å². The average molecular weight is 252 g/mol. The third-order valence-electron chi connectivity index (χ3n) is 5.06. The molecular formula is C15H28N2O. The van der Waals surface area contributed by atoms with E-state index in [9.17, 15) is 4.79 Å². The van der Waals surface area contributed by atoms with Gasteiger partial charge in [0.25, 0.3) is 0 Å². The quantitative estimate of drug-likeness (QED) is 0.819. The molecule has 1 amide bonds. The van der Waals surface area contributed by atoms with Crippen molar-refractivity contribution in [3.05, 3.63) is 0 Å². The van der Waals surface area contributed by atoms with Crippen LogP contribution in [0.5, 0.6) is 0 Å². The summed E-state index contributed by atoms with van der Waals surface area (Å²) >= 11 is 0. The first-order valence-electron chi connectivity index (χ1n) is 7.39. The zero-order chi connectivity index (χ0) is 13.6. The molecule has 3 nitrogen and oxygen atoms in total. The molecule has 1 aliphatic carbocycles. The Labute approximate surface area is 111 Å². The Morgan fingerprint density at radius 1 is 1.28 bits per heavy atom. The lowest BCUT2D eigenvalue weighted by Gasteiger charge is -2.40. The Bertz CT molecular complexity index is 329. The standard InChI is InChI=1S/C15H28N2O/c1-6-15(5)13(18)17(11(2)16-15)12-7-9-14(3,4)10-8-12/h11-12,16H,6-10H2,1-5H3. The van der Waals surface area contributed by atoms with Crippen molar-refractivity contribution in [3.63, 3.8) is 0 Å². The molecule has 1 N–H and O–H groups in total. The molecule has 3 heteroatoms. The van der Waals surface area contributed by atoms with Crippen LogP contribution in [0.2, 0.25) is 0 Å². The van der Waals surface area contributed by atoms with E-state index in [0.29, 0.717) is 17.4 Å². The highest BCUT2D eigenvalue weighted by molar-refractivity contribution is 5.88. The van der Waals surface area contributed by atoms with Crippen molar-refractivity contribution in [1.29, 1.82) is 0 Å². The number of carbonyl (C=O) groups excluding carboxylic acids is 1. The predicted octanol–water partition coefficient (Wildman–Crippen LogP) is 2.90. The second-order valence-electron chi connectivity index (χ2n) is 7.11. The van der Waals surface area contributed by atoms with Crippen molar-refractivity contribution in [2.24, 2.45) is 5.41 Å². The Morgan fingerprint density at radius 3 is 2.28 bits per heavy atom. The van der Waals surface area contributed by atoms with E-state index in [4.69, 9.17) is 0 Å². The Morgan fingerprint density at radius 2 is 1.83 bits per heavy atom. The molecule has 2 unspecified atom stereocenters. The number of nitrogens with one attached hydrogen (secondary N) is 1. The van der Waals surface area contributed by atoms with E-state index in [1.54, 1.807) is 0 Å². The van der Waals surface area contributed by atoms with Crippen molar-refractivity contribution in [3.8, 4) is 0 Å². The van der Waals surface area contributed by atoms with Gasteiger partial charge in [0, 0.05) is 6.04 Å². The van der Waals surface area contributed by atoms with Gasteiger partial charge in [0.2, 0.25) is 5.91 Å². The minimum Gasteiger partial charge on any atom is -0.323 e. The van der Waals surface area contributed by atoms with Gasteiger partial charge in [-0.15, -0.1) is 0 Å². The molecule has 2 atom stereocenters. The number of hydrogen-bond acceptors (Lipinski definition) is 2. The summed E-state index contributed by atoms with van der Waals surface area (Å²) in [5.74, 6) is 0.308. The summed E-state index contributed by atoms with van der Waals surface area (Å²) in [4.78, 5) is 14.7. The number of nitrogens with zero attached hydrogens (tertiary/aromatic N) is 1. The highest BCUT2D eigenvalue weighted by Crippen LogP contribution is 2.39. The van der Waals surface area contributed by atoms with Crippen molar-refractivity contribution in [2.45, 2.75) is 84.5 Å².